The van der Waals surface area contributed by atoms with Gasteiger partial charge in [-0.1, -0.05) is 11.6 Å². The molecule has 0 aliphatic rings. The Morgan fingerprint density at radius 1 is 1.37 bits per heavy atom. The second-order valence-electron chi connectivity index (χ2n) is 3.80. The van der Waals surface area contributed by atoms with Crippen molar-refractivity contribution in [2.75, 3.05) is 12.8 Å². The molecule has 0 atom stereocenters. The van der Waals surface area contributed by atoms with Gasteiger partial charge in [0.25, 0.3) is 0 Å². The first-order valence-corrected chi connectivity index (χ1v) is 5.73. The molecule has 19 heavy (non-hydrogen) atoms. The van der Waals surface area contributed by atoms with Gasteiger partial charge in [0.15, 0.2) is 0 Å². The topological polar surface area (TPSA) is 85.4 Å². The van der Waals surface area contributed by atoms with E-state index in [0.29, 0.717) is 21.9 Å². The quantitative estimate of drug-likeness (QED) is 0.901. The van der Waals surface area contributed by atoms with Gasteiger partial charge in [-0.05, 0) is 24.3 Å². The second kappa shape index (κ2) is 5.16. The molecule has 0 unspecified atom stereocenters. The fraction of sp³-hybridized carbons (Fsp3) is 0.0769. The van der Waals surface area contributed by atoms with E-state index >= 15 is 0 Å². The summed E-state index contributed by atoms with van der Waals surface area (Å²) in [6, 6.07) is 6.26. The summed E-state index contributed by atoms with van der Waals surface area (Å²) in [7, 11) is 1.50. The van der Waals surface area contributed by atoms with Gasteiger partial charge in [0.05, 0.1) is 12.7 Å². The van der Waals surface area contributed by atoms with Crippen LogP contribution in [0.1, 0.15) is 10.4 Å². The molecule has 5 nitrogen and oxygen atoms in total. The van der Waals surface area contributed by atoms with Crippen molar-refractivity contribution in [3.05, 3.63) is 41.0 Å². The molecular weight excluding hydrogens is 268 g/mol. The number of aromatic nitrogens is 1. The molecule has 0 bridgehead atoms. The van der Waals surface area contributed by atoms with E-state index in [-0.39, 0.29) is 11.4 Å². The van der Waals surface area contributed by atoms with Crippen LogP contribution in [0.2, 0.25) is 5.02 Å². The zero-order chi connectivity index (χ0) is 14.0. The number of nitrogens with zero attached hydrogens (tertiary/aromatic N) is 1. The second-order valence-corrected chi connectivity index (χ2v) is 4.24. The van der Waals surface area contributed by atoms with Gasteiger partial charge in [-0.2, -0.15) is 0 Å². The number of anilines is 1. The Balaban J connectivity index is 2.71. The lowest BCUT2D eigenvalue weighted by molar-refractivity contribution is 0.0697. The van der Waals surface area contributed by atoms with Gasteiger partial charge < -0.3 is 15.6 Å². The first-order valence-electron chi connectivity index (χ1n) is 5.35. The van der Waals surface area contributed by atoms with Crippen LogP contribution in [0.15, 0.2) is 30.5 Å². The number of carboxylic acid groups (broad SMARTS) is 1. The number of methoxy groups -OCH3 is 1. The van der Waals surface area contributed by atoms with Crippen LogP contribution in [-0.4, -0.2) is 23.2 Å². The Morgan fingerprint density at radius 2 is 2.11 bits per heavy atom. The van der Waals surface area contributed by atoms with E-state index in [0.717, 1.165) is 0 Å². The Labute approximate surface area is 114 Å². The largest absolute Gasteiger partial charge is 0.496 e. The van der Waals surface area contributed by atoms with E-state index in [1.54, 1.807) is 18.2 Å². The lowest BCUT2D eigenvalue weighted by Crippen LogP contribution is -2.03. The number of benzene rings is 1. The number of ether oxygens (including phenoxy) is 1. The number of nitrogens with two attached hydrogens (primary N) is 1. The van der Waals surface area contributed by atoms with Crippen molar-refractivity contribution in [1.29, 1.82) is 0 Å². The molecule has 1 heterocycles. The molecule has 6 heteroatoms. The fourth-order valence-electron chi connectivity index (χ4n) is 1.75. The summed E-state index contributed by atoms with van der Waals surface area (Å²) in [5, 5.41) is 9.70. The predicted octanol–water partition coefficient (Wildman–Crippen LogP) is 2.69. The normalized spacial score (nSPS) is 10.2. The number of carboxylic acids is 1. The maximum absolute atomic E-state index is 11.3. The van der Waals surface area contributed by atoms with E-state index < -0.39 is 5.97 Å². The van der Waals surface area contributed by atoms with E-state index in [9.17, 15) is 9.90 Å². The Hall–Kier alpha value is -2.27. The first kappa shape index (κ1) is 13.2. The molecule has 1 aromatic heterocycles. The minimum Gasteiger partial charge on any atom is -0.496 e. The SMILES string of the molecule is COc1ccc(Cl)cc1-c1cnc(N)cc1C(=O)O. The molecule has 0 spiro atoms. The molecule has 0 saturated carbocycles. The van der Waals surface area contributed by atoms with Crippen molar-refractivity contribution in [3.8, 4) is 16.9 Å². The van der Waals surface area contributed by atoms with Gasteiger partial charge in [-0.15, -0.1) is 0 Å². The highest BCUT2D eigenvalue weighted by molar-refractivity contribution is 6.31. The molecule has 0 aliphatic heterocycles. The minimum atomic E-state index is -1.09. The lowest BCUT2D eigenvalue weighted by Gasteiger charge is -2.11. The Morgan fingerprint density at radius 3 is 2.74 bits per heavy atom. The maximum atomic E-state index is 11.3. The standard InChI is InChI=1S/C13H11ClN2O3/c1-19-11-3-2-7(14)4-8(11)10-6-16-12(15)5-9(10)13(17)18/h2-6H,1H3,(H2,15,16)(H,17,18). The summed E-state index contributed by atoms with van der Waals surface area (Å²) < 4.78 is 5.21. The van der Waals surface area contributed by atoms with Gasteiger partial charge in [-0.25, -0.2) is 9.78 Å². The average Bonchev–Trinajstić information content (AvgIpc) is 2.38. The summed E-state index contributed by atoms with van der Waals surface area (Å²) in [4.78, 5) is 15.2. The summed E-state index contributed by atoms with van der Waals surface area (Å²) >= 11 is 5.94. The molecule has 1 aromatic carbocycles. The molecule has 2 aromatic rings. The third kappa shape index (κ3) is 2.61. The first-order chi connectivity index (χ1) is 9.02. The number of hydrogen-bond donors (Lipinski definition) is 2. The Kier molecular flexibility index (Phi) is 3.57. The van der Waals surface area contributed by atoms with Crippen LogP contribution in [0, 0.1) is 0 Å². The zero-order valence-electron chi connectivity index (χ0n) is 10.1. The summed E-state index contributed by atoms with van der Waals surface area (Å²) in [5.74, 6) is -0.438. The van der Waals surface area contributed by atoms with Gasteiger partial charge in [-0.3, -0.25) is 0 Å². The van der Waals surface area contributed by atoms with Crippen LogP contribution in [0.4, 0.5) is 5.82 Å². The van der Waals surface area contributed by atoms with Crippen LogP contribution in [0.25, 0.3) is 11.1 Å². The van der Waals surface area contributed by atoms with Crippen LogP contribution >= 0.6 is 11.6 Å². The number of pyridine rings is 1. The minimum absolute atomic E-state index is 0.0491. The molecule has 0 fully saturated rings. The number of nitrogen functional groups attached to an aromatic ring is 1. The molecule has 0 saturated heterocycles. The molecule has 2 rings (SSSR count). The smallest absolute Gasteiger partial charge is 0.336 e. The molecule has 98 valence electrons. The molecule has 0 aliphatic carbocycles. The van der Waals surface area contributed by atoms with Crippen molar-refractivity contribution in [2.24, 2.45) is 0 Å². The molecule has 0 radical (unpaired) electrons. The van der Waals surface area contributed by atoms with E-state index in [1.165, 1.54) is 19.4 Å². The summed E-state index contributed by atoms with van der Waals surface area (Å²) in [6.07, 6.45) is 1.40. The van der Waals surface area contributed by atoms with Crippen molar-refractivity contribution in [3.63, 3.8) is 0 Å². The highest BCUT2D eigenvalue weighted by atomic mass is 35.5. The zero-order valence-corrected chi connectivity index (χ0v) is 10.8. The van der Waals surface area contributed by atoms with Gasteiger partial charge in [0.1, 0.15) is 11.6 Å². The average molecular weight is 279 g/mol. The molecule has 3 N–H and O–H groups in total. The molecular formula is C13H11ClN2O3. The third-order valence-electron chi connectivity index (χ3n) is 2.61. The van der Waals surface area contributed by atoms with Crippen LogP contribution in [-0.2, 0) is 0 Å². The van der Waals surface area contributed by atoms with E-state index in [4.69, 9.17) is 22.1 Å². The van der Waals surface area contributed by atoms with Gasteiger partial charge in [0, 0.05) is 22.3 Å². The Bertz CT molecular complexity index is 644. The monoisotopic (exact) mass is 278 g/mol. The number of hydrogen-bond acceptors (Lipinski definition) is 4. The summed E-state index contributed by atoms with van der Waals surface area (Å²) in [5.41, 5.74) is 6.52. The van der Waals surface area contributed by atoms with Crippen molar-refractivity contribution < 1.29 is 14.6 Å². The fourth-order valence-corrected chi connectivity index (χ4v) is 1.93. The van der Waals surface area contributed by atoms with E-state index in [1.807, 2.05) is 0 Å². The van der Waals surface area contributed by atoms with Crippen molar-refractivity contribution >= 4 is 23.4 Å². The van der Waals surface area contributed by atoms with Gasteiger partial charge >= 0.3 is 5.97 Å². The van der Waals surface area contributed by atoms with Crippen molar-refractivity contribution in [2.45, 2.75) is 0 Å². The number of carbonyl (C=O) groups is 1. The van der Waals surface area contributed by atoms with Crippen LogP contribution in [0.3, 0.4) is 0 Å². The van der Waals surface area contributed by atoms with Crippen LogP contribution in [0.5, 0.6) is 5.75 Å². The summed E-state index contributed by atoms with van der Waals surface area (Å²) in [6.45, 7) is 0. The predicted molar refractivity (Wildman–Crippen MR) is 72.6 cm³/mol. The van der Waals surface area contributed by atoms with Crippen LogP contribution < -0.4 is 10.5 Å². The number of rotatable bonds is 3. The third-order valence-corrected chi connectivity index (χ3v) is 2.84. The lowest BCUT2D eigenvalue weighted by atomic mass is 10.0. The highest BCUT2D eigenvalue weighted by Gasteiger charge is 2.16. The van der Waals surface area contributed by atoms with Crippen molar-refractivity contribution in [1.82, 2.24) is 4.98 Å². The van der Waals surface area contributed by atoms with E-state index in [2.05, 4.69) is 4.98 Å². The van der Waals surface area contributed by atoms with Gasteiger partial charge in [0.2, 0.25) is 0 Å². The highest BCUT2D eigenvalue weighted by Crippen LogP contribution is 2.34. The number of aromatic carboxylic acids is 1. The number of halogens is 1. The maximum Gasteiger partial charge on any atom is 0.336 e. The molecule has 0 amide bonds.